The van der Waals surface area contributed by atoms with Crippen molar-refractivity contribution in [1.29, 1.82) is 0 Å². The third-order valence-corrected chi connectivity index (χ3v) is 5.20. The molecule has 0 bridgehead atoms. The number of fused-ring (bicyclic) bond motifs is 1. The first kappa shape index (κ1) is 14.3. The van der Waals surface area contributed by atoms with E-state index in [1.807, 2.05) is 47.7 Å². The Morgan fingerprint density at radius 3 is 2.57 bits per heavy atom. The topological polar surface area (TPSA) is 41.4 Å². The van der Waals surface area contributed by atoms with Gasteiger partial charge < -0.3 is 14.4 Å². The van der Waals surface area contributed by atoms with Gasteiger partial charge in [-0.25, -0.2) is 4.98 Å². The van der Waals surface area contributed by atoms with Gasteiger partial charge in [0, 0.05) is 33.2 Å². The highest BCUT2D eigenvalue weighted by Crippen LogP contribution is 2.22. The van der Waals surface area contributed by atoms with Crippen LogP contribution in [0.3, 0.4) is 0 Å². The van der Waals surface area contributed by atoms with Crippen LogP contribution in [0, 0.1) is 0 Å². The number of aromatic nitrogens is 2. The van der Waals surface area contributed by atoms with Gasteiger partial charge >= 0.3 is 0 Å². The van der Waals surface area contributed by atoms with Gasteiger partial charge in [-0.3, -0.25) is 4.79 Å². The highest BCUT2D eigenvalue weighted by molar-refractivity contribution is 7.12. The highest BCUT2D eigenvalue weighted by Gasteiger charge is 2.25. The van der Waals surface area contributed by atoms with E-state index in [4.69, 9.17) is 4.98 Å². The van der Waals surface area contributed by atoms with Crippen molar-refractivity contribution in [2.75, 3.05) is 31.1 Å². The third kappa shape index (κ3) is 2.49. The van der Waals surface area contributed by atoms with Crippen LogP contribution < -0.4 is 4.90 Å². The Morgan fingerprint density at radius 1 is 1.09 bits per heavy atom. The number of carbonyl (C=O) groups excluding carboxylic acids is 1. The number of rotatable bonds is 2. The van der Waals surface area contributed by atoms with Crippen molar-refractivity contribution in [2.24, 2.45) is 7.05 Å². The van der Waals surface area contributed by atoms with Crippen LogP contribution in [-0.4, -0.2) is 46.5 Å². The molecule has 0 radical (unpaired) electrons. The lowest BCUT2D eigenvalue weighted by Crippen LogP contribution is -2.49. The number of hydrogen-bond acceptors (Lipinski definition) is 4. The van der Waals surface area contributed by atoms with E-state index in [1.165, 1.54) is 11.3 Å². The fraction of sp³-hybridized carbons (Fsp3) is 0.294. The summed E-state index contributed by atoms with van der Waals surface area (Å²) in [4.78, 5) is 22.2. The van der Waals surface area contributed by atoms with Gasteiger partial charge in [0.2, 0.25) is 5.95 Å². The molecule has 6 heteroatoms. The Bertz CT molecular complexity index is 832. The molecule has 0 N–H and O–H groups in total. The number of para-hydroxylation sites is 2. The number of imidazole rings is 1. The van der Waals surface area contributed by atoms with E-state index in [0.29, 0.717) is 0 Å². The number of anilines is 1. The zero-order chi connectivity index (χ0) is 15.8. The molecule has 0 unspecified atom stereocenters. The quantitative estimate of drug-likeness (QED) is 0.727. The summed E-state index contributed by atoms with van der Waals surface area (Å²) in [5, 5.41) is 1.95. The maximum atomic E-state index is 12.4. The van der Waals surface area contributed by atoms with Gasteiger partial charge in [0.1, 0.15) is 0 Å². The number of amides is 1. The molecule has 1 aliphatic heterocycles. The molecule has 23 heavy (non-hydrogen) atoms. The molecule has 1 aromatic carbocycles. The van der Waals surface area contributed by atoms with E-state index in [0.717, 1.165) is 48.0 Å². The van der Waals surface area contributed by atoms with E-state index in [2.05, 4.69) is 15.5 Å². The minimum atomic E-state index is 0.143. The second-order valence-corrected chi connectivity index (χ2v) is 6.66. The number of nitrogens with zero attached hydrogens (tertiary/aromatic N) is 4. The molecule has 5 nitrogen and oxygen atoms in total. The summed E-state index contributed by atoms with van der Waals surface area (Å²) in [6.45, 7) is 3.10. The predicted octanol–water partition coefficient (Wildman–Crippen LogP) is 2.60. The minimum Gasteiger partial charge on any atom is -0.339 e. The lowest BCUT2D eigenvalue weighted by molar-refractivity contribution is 0.0751. The summed E-state index contributed by atoms with van der Waals surface area (Å²) >= 11 is 1.51. The van der Waals surface area contributed by atoms with Crippen LogP contribution >= 0.6 is 11.3 Å². The lowest BCUT2D eigenvalue weighted by atomic mass is 10.3. The molecular weight excluding hydrogens is 308 g/mol. The van der Waals surface area contributed by atoms with Crippen molar-refractivity contribution in [3.05, 3.63) is 46.7 Å². The fourth-order valence-electron chi connectivity index (χ4n) is 3.08. The maximum absolute atomic E-state index is 12.4. The van der Waals surface area contributed by atoms with E-state index in [-0.39, 0.29) is 5.91 Å². The van der Waals surface area contributed by atoms with E-state index in [9.17, 15) is 4.79 Å². The first-order valence-corrected chi connectivity index (χ1v) is 8.61. The van der Waals surface area contributed by atoms with Crippen molar-refractivity contribution in [3.63, 3.8) is 0 Å². The molecule has 1 amide bonds. The van der Waals surface area contributed by atoms with Gasteiger partial charge in [0.25, 0.3) is 5.91 Å². The molecular formula is C17H18N4OS. The van der Waals surface area contributed by atoms with Crippen LogP contribution in [0.5, 0.6) is 0 Å². The van der Waals surface area contributed by atoms with Crippen LogP contribution in [0.25, 0.3) is 11.0 Å². The average Bonchev–Trinajstić information content (AvgIpc) is 3.23. The number of piperazine rings is 1. The Morgan fingerprint density at radius 2 is 1.87 bits per heavy atom. The van der Waals surface area contributed by atoms with Crippen molar-refractivity contribution in [1.82, 2.24) is 14.5 Å². The molecule has 0 aliphatic carbocycles. The van der Waals surface area contributed by atoms with E-state index in [1.54, 1.807) is 0 Å². The zero-order valence-corrected chi connectivity index (χ0v) is 13.8. The Hall–Kier alpha value is -2.34. The molecule has 3 aromatic rings. The first-order valence-electron chi connectivity index (χ1n) is 7.73. The Balaban J connectivity index is 1.51. The van der Waals surface area contributed by atoms with Crippen LogP contribution in [0.4, 0.5) is 5.95 Å². The standard InChI is InChI=1S/C17H18N4OS/c1-19-14-6-3-2-5-13(14)18-17(19)21-10-8-20(9-11-21)16(22)15-7-4-12-23-15/h2-7,12H,8-11H2,1H3. The summed E-state index contributed by atoms with van der Waals surface area (Å²) in [6.07, 6.45) is 0. The van der Waals surface area contributed by atoms with Crippen molar-refractivity contribution < 1.29 is 4.79 Å². The monoisotopic (exact) mass is 326 g/mol. The van der Waals surface area contributed by atoms with E-state index < -0.39 is 0 Å². The molecule has 1 aliphatic rings. The summed E-state index contributed by atoms with van der Waals surface area (Å²) in [6, 6.07) is 12.0. The summed E-state index contributed by atoms with van der Waals surface area (Å²) in [5.74, 6) is 1.12. The Kier molecular flexibility index (Phi) is 3.53. The summed E-state index contributed by atoms with van der Waals surface area (Å²) in [5.41, 5.74) is 2.15. The van der Waals surface area contributed by atoms with Crippen LogP contribution in [0.15, 0.2) is 41.8 Å². The van der Waals surface area contributed by atoms with Crippen LogP contribution in [0.1, 0.15) is 9.67 Å². The minimum absolute atomic E-state index is 0.143. The lowest BCUT2D eigenvalue weighted by Gasteiger charge is -2.35. The zero-order valence-electron chi connectivity index (χ0n) is 13.0. The van der Waals surface area contributed by atoms with Gasteiger partial charge in [-0.1, -0.05) is 18.2 Å². The molecule has 1 saturated heterocycles. The van der Waals surface area contributed by atoms with E-state index >= 15 is 0 Å². The second-order valence-electron chi connectivity index (χ2n) is 5.72. The largest absolute Gasteiger partial charge is 0.339 e. The smallest absolute Gasteiger partial charge is 0.264 e. The van der Waals surface area contributed by atoms with Crippen LogP contribution in [0.2, 0.25) is 0 Å². The molecule has 4 rings (SSSR count). The third-order valence-electron chi connectivity index (χ3n) is 4.35. The number of thiophene rings is 1. The first-order chi connectivity index (χ1) is 11.2. The summed E-state index contributed by atoms with van der Waals surface area (Å²) < 4.78 is 2.13. The van der Waals surface area contributed by atoms with Gasteiger partial charge in [-0.05, 0) is 23.6 Å². The van der Waals surface area contributed by atoms with Gasteiger partial charge in [-0.15, -0.1) is 11.3 Å². The maximum Gasteiger partial charge on any atom is 0.264 e. The van der Waals surface area contributed by atoms with Gasteiger partial charge in [0.05, 0.1) is 15.9 Å². The average molecular weight is 326 g/mol. The Labute approximate surface area is 138 Å². The fourth-order valence-corrected chi connectivity index (χ4v) is 3.77. The van der Waals surface area contributed by atoms with Crippen molar-refractivity contribution in [2.45, 2.75) is 0 Å². The second kappa shape index (κ2) is 5.70. The molecule has 0 spiro atoms. The molecule has 118 valence electrons. The van der Waals surface area contributed by atoms with Gasteiger partial charge in [0.15, 0.2) is 0 Å². The van der Waals surface area contributed by atoms with Crippen molar-refractivity contribution >= 4 is 34.2 Å². The molecule has 0 atom stereocenters. The normalized spacial score (nSPS) is 15.3. The molecule has 2 aromatic heterocycles. The molecule has 1 fully saturated rings. The number of carbonyl (C=O) groups is 1. The number of benzene rings is 1. The number of aryl methyl sites for hydroxylation is 1. The van der Waals surface area contributed by atoms with Crippen molar-refractivity contribution in [3.8, 4) is 0 Å². The predicted molar refractivity (Wildman–Crippen MR) is 93.1 cm³/mol. The highest BCUT2D eigenvalue weighted by atomic mass is 32.1. The summed E-state index contributed by atoms with van der Waals surface area (Å²) in [7, 11) is 2.05. The number of hydrogen-bond donors (Lipinski definition) is 0. The van der Waals surface area contributed by atoms with Gasteiger partial charge in [-0.2, -0.15) is 0 Å². The molecule has 3 heterocycles. The van der Waals surface area contributed by atoms with Crippen LogP contribution in [-0.2, 0) is 7.05 Å². The SMILES string of the molecule is Cn1c(N2CCN(C(=O)c3cccs3)CC2)nc2ccccc21. The molecule has 0 saturated carbocycles.